The average molecular weight is 642 g/mol. The van der Waals surface area contributed by atoms with Gasteiger partial charge in [-0.1, -0.05) is 30.3 Å². The van der Waals surface area contributed by atoms with Crippen LogP contribution in [-0.4, -0.2) is 98.3 Å². The van der Waals surface area contributed by atoms with Crippen molar-refractivity contribution in [1.82, 2.24) is 15.2 Å². The molecule has 3 aliphatic rings. The molecule has 3 heterocycles. The van der Waals surface area contributed by atoms with Crippen LogP contribution in [0.4, 0.5) is 0 Å². The van der Waals surface area contributed by atoms with Crippen molar-refractivity contribution in [3.05, 3.63) is 40.8 Å². The molecule has 4 N–H and O–H groups in total. The van der Waals surface area contributed by atoms with E-state index >= 15 is 0 Å². The van der Waals surface area contributed by atoms with Gasteiger partial charge in [0.15, 0.2) is 21.9 Å². The second-order valence-corrected chi connectivity index (χ2v) is 15.7. The van der Waals surface area contributed by atoms with Crippen LogP contribution in [0.15, 0.2) is 35.6 Å². The van der Waals surface area contributed by atoms with Gasteiger partial charge in [-0.2, -0.15) is 0 Å². The number of nitrogens with zero attached hydrogens (tertiary/aromatic N) is 3. The van der Waals surface area contributed by atoms with Gasteiger partial charge in [-0.3, -0.25) is 9.59 Å². The highest BCUT2D eigenvalue weighted by Crippen LogP contribution is 2.47. The van der Waals surface area contributed by atoms with Crippen LogP contribution in [0.2, 0.25) is 0 Å². The van der Waals surface area contributed by atoms with E-state index in [1.807, 2.05) is 0 Å². The van der Waals surface area contributed by atoms with E-state index in [9.17, 15) is 42.4 Å². The topological polar surface area (TPSA) is 232 Å². The summed E-state index contributed by atoms with van der Waals surface area (Å²) in [5.74, 6) is -5.12. The Hall–Kier alpha value is -3.77. The molecule has 0 aromatic heterocycles. The van der Waals surface area contributed by atoms with Gasteiger partial charge in [-0.15, -0.1) is 16.7 Å². The molecule has 234 valence electrons. The minimum atomic E-state index is -3.87. The molecular weight excluding hydrogens is 610 g/mol. The van der Waals surface area contributed by atoms with Crippen molar-refractivity contribution in [3.63, 3.8) is 0 Å². The van der Waals surface area contributed by atoms with Crippen molar-refractivity contribution in [2.24, 2.45) is 11.0 Å². The first kappa shape index (κ1) is 32.2. The third-order valence-electron chi connectivity index (χ3n) is 7.82. The Bertz CT molecular complexity index is 1450. The maximum absolute atomic E-state index is 13.1. The number of fused-ring (bicyclic) bond motifs is 1. The Morgan fingerprint density at radius 1 is 1.12 bits per heavy atom. The Labute approximate surface area is 250 Å². The zero-order valence-corrected chi connectivity index (χ0v) is 25.2. The number of thioether (sulfide) groups is 1. The van der Waals surface area contributed by atoms with Gasteiger partial charge >= 0.3 is 17.9 Å². The maximum atomic E-state index is 13.1. The van der Waals surface area contributed by atoms with E-state index in [1.165, 1.54) is 27.7 Å². The van der Waals surface area contributed by atoms with Crippen LogP contribution in [0.1, 0.15) is 45.7 Å². The van der Waals surface area contributed by atoms with Crippen LogP contribution in [-0.2, 0) is 43.3 Å². The number of sulfone groups is 1. The van der Waals surface area contributed by atoms with E-state index in [4.69, 9.17) is 15.2 Å². The number of ether oxygens (including phenoxy) is 2. The Morgan fingerprint density at radius 3 is 2.23 bits per heavy atom. The normalized spacial score (nSPS) is 27.7. The monoisotopic (exact) mass is 641 g/mol. The number of carboxylic acids is 1. The van der Waals surface area contributed by atoms with Crippen LogP contribution < -0.4 is 11.1 Å². The van der Waals surface area contributed by atoms with Crippen LogP contribution >= 0.6 is 11.8 Å². The van der Waals surface area contributed by atoms with Crippen molar-refractivity contribution >= 4 is 51.3 Å². The molecule has 1 aromatic carbocycles. The number of rotatable bonds is 10. The number of β-lactam (4-membered cyclic amide) rings is 1. The summed E-state index contributed by atoms with van der Waals surface area (Å²) in [5.41, 5.74) is 6.40. The Kier molecular flexibility index (Phi) is 8.51. The number of carbonyl (C=O) groups is 5. The molecule has 0 radical (unpaired) electrons. The molecule has 3 fully saturated rings. The predicted octanol–water partition coefficient (Wildman–Crippen LogP) is -0.363. The first-order chi connectivity index (χ1) is 20.0. The highest BCUT2D eigenvalue weighted by atomic mass is 32.2. The van der Waals surface area contributed by atoms with Crippen molar-refractivity contribution < 1.29 is 47.0 Å². The number of carboxylic acid groups (broad SMARTS) is 1. The molecule has 0 bridgehead atoms. The molecule has 0 saturated carbocycles. The zero-order chi connectivity index (χ0) is 32.1. The molecule has 0 aliphatic carbocycles. The van der Waals surface area contributed by atoms with Gasteiger partial charge in [0.1, 0.15) is 22.8 Å². The summed E-state index contributed by atoms with van der Waals surface area (Å²) in [6.45, 7) is 4.64. The lowest BCUT2D eigenvalue weighted by molar-refractivity contribution is -0.178. The standard InChI is InChI=1S/C25H31N5O11S2/c1-24(2)17(22(35)40-11-41-23(36)18-25(3,4)43(38,39)14-10-13(31)29(14)18)30(28-37)20(42-24)16(21(33)34)27-19(32)15(26)12-8-6-5-7-9-12/h5-9,14-18,20H,10-11,26H2,1-4H3,(H,27,32)(H,33,34)/t14-,15-,16?,17+,18+,20?/m1/s1. The lowest BCUT2D eigenvalue weighted by atomic mass is 9.98. The minimum Gasteiger partial charge on any atom is -0.480 e. The van der Waals surface area contributed by atoms with Gasteiger partial charge in [0.2, 0.25) is 18.6 Å². The van der Waals surface area contributed by atoms with Crippen molar-refractivity contribution in [2.45, 2.75) is 78.5 Å². The number of hydrogen-bond donors (Lipinski definition) is 3. The molecule has 18 heteroatoms. The SMILES string of the molecule is CC1(C)SC(C(NC(=O)[C@H](N)c2ccccc2)C(=O)O)N(N=O)[C@H]1C(=O)OCOC(=O)[C@@H]1N2C(=O)C[C@H]2S(=O)(=O)C1(C)C. The molecule has 43 heavy (non-hydrogen) atoms. The molecule has 6 atom stereocenters. The lowest BCUT2D eigenvalue weighted by Crippen LogP contribution is -2.57. The lowest BCUT2D eigenvalue weighted by Gasteiger charge is -2.36. The highest BCUT2D eigenvalue weighted by Gasteiger charge is 2.68. The van der Waals surface area contributed by atoms with Crippen LogP contribution in [0.5, 0.6) is 0 Å². The third kappa shape index (κ3) is 5.42. The molecule has 2 unspecified atom stereocenters. The van der Waals surface area contributed by atoms with E-state index in [1.54, 1.807) is 30.3 Å². The zero-order valence-electron chi connectivity index (χ0n) is 23.5. The van der Waals surface area contributed by atoms with Crippen LogP contribution in [0.25, 0.3) is 0 Å². The number of carbonyl (C=O) groups excluding carboxylic acids is 4. The fraction of sp³-hybridized carbons (Fsp3) is 0.560. The largest absolute Gasteiger partial charge is 0.480 e. The second kappa shape index (κ2) is 11.4. The van der Waals surface area contributed by atoms with E-state index in [-0.39, 0.29) is 6.42 Å². The number of nitrogens with two attached hydrogens (primary N) is 1. The number of nitrogens with one attached hydrogen (secondary N) is 1. The quantitative estimate of drug-likeness (QED) is 0.128. The number of hydrogen-bond acceptors (Lipinski definition) is 13. The average Bonchev–Trinajstić information content (AvgIpc) is 3.28. The summed E-state index contributed by atoms with van der Waals surface area (Å²) in [4.78, 5) is 75.9. The first-order valence-electron chi connectivity index (χ1n) is 13.0. The first-order valence-corrected chi connectivity index (χ1v) is 15.4. The number of aliphatic carboxylic acids is 1. The van der Waals surface area contributed by atoms with Gasteiger partial charge < -0.3 is 30.5 Å². The van der Waals surface area contributed by atoms with Crippen molar-refractivity contribution in [2.75, 3.05) is 6.79 Å². The van der Waals surface area contributed by atoms with Crippen molar-refractivity contribution in [1.29, 1.82) is 0 Å². The molecule has 1 aromatic rings. The fourth-order valence-corrected chi connectivity index (χ4v) is 9.09. The fourth-order valence-electron chi connectivity index (χ4n) is 5.42. The molecule has 0 spiro atoms. The maximum Gasteiger partial charge on any atom is 0.334 e. The summed E-state index contributed by atoms with van der Waals surface area (Å²) in [5, 5.41) is 13.2. The summed E-state index contributed by atoms with van der Waals surface area (Å²) in [6.07, 6.45) is -0.245. The van der Waals surface area contributed by atoms with Gasteiger partial charge in [-0.05, 0) is 33.3 Å². The molecule has 4 rings (SSSR count). The number of amides is 2. The summed E-state index contributed by atoms with van der Waals surface area (Å²) < 4.78 is 32.7. The molecule has 3 saturated heterocycles. The molecule has 2 amide bonds. The number of esters is 2. The third-order valence-corrected chi connectivity index (χ3v) is 12.2. The summed E-state index contributed by atoms with van der Waals surface area (Å²) >= 11 is 0.867. The highest BCUT2D eigenvalue weighted by molar-refractivity contribution is 8.01. The van der Waals surface area contributed by atoms with E-state index in [0.29, 0.717) is 10.6 Å². The van der Waals surface area contributed by atoms with Crippen LogP contribution in [0, 0.1) is 4.91 Å². The number of nitroso groups, excluding NO2 is 1. The number of benzene rings is 1. The van der Waals surface area contributed by atoms with Crippen LogP contribution in [0.3, 0.4) is 0 Å². The Morgan fingerprint density at radius 2 is 1.70 bits per heavy atom. The van der Waals surface area contributed by atoms with E-state index in [2.05, 4.69) is 10.6 Å². The van der Waals surface area contributed by atoms with Gasteiger partial charge in [0.25, 0.3) is 0 Å². The van der Waals surface area contributed by atoms with Crippen molar-refractivity contribution in [3.8, 4) is 0 Å². The summed E-state index contributed by atoms with van der Waals surface area (Å²) in [6, 6.07) is 2.28. The molecular formula is C25H31N5O11S2. The molecule has 16 nitrogen and oxygen atoms in total. The van der Waals surface area contributed by atoms with E-state index < -0.39 is 90.8 Å². The minimum absolute atomic E-state index is 0.245. The van der Waals surface area contributed by atoms with E-state index in [0.717, 1.165) is 16.7 Å². The smallest absolute Gasteiger partial charge is 0.334 e. The summed E-state index contributed by atoms with van der Waals surface area (Å²) in [7, 11) is -3.87. The predicted molar refractivity (Wildman–Crippen MR) is 149 cm³/mol. The second-order valence-electron chi connectivity index (χ2n) is 11.2. The Balaban J connectivity index is 1.44. The van der Waals surface area contributed by atoms with Gasteiger partial charge in [0.05, 0.1) is 16.5 Å². The van der Waals surface area contributed by atoms with Gasteiger partial charge in [0, 0.05) is 4.75 Å². The van der Waals surface area contributed by atoms with Gasteiger partial charge in [-0.25, -0.2) is 27.8 Å². The molecule has 3 aliphatic heterocycles.